The highest BCUT2D eigenvalue weighted by Crippen LogP contribution is 2.30. The largest absolute Gasteiger partial charge is 0.382 e. The Kier molecular flexibility index (Phi) is 3.45. The molecule has 1 atom stereocenters. The summed E-state index contributed by atoms with van der Waals surface area (Å²) in [6, 6.07) is 4.76. The van der Waals surface area contributed by atoms with Crippen LogP contribution in [0.3, 0.4) is 0 Å². The molecule has 0 aliphatic carbocycles. The molecule has 3 N–H and O–H groups in total. The van der Waals surface area contributed by atoms with Crippen LogP contribution in [0.25, 0.3) is 11.3 Å². The Morgan fingerprint density at radius 1 is 1.20 bits per heavy atom. The third-order valence-electron chi connectivity index (χ3n) is 4.47. The van der Waals surface area contributed by atoms with Crippen molar-refractivity contribution in [1.82, 2.24) is 20.2 Å². The maximum absolute atomic E-state index is 12.6. The van der Waals surface area contributed by atoms with Gasteiger partial charge >= 0.3 is 0 Å². The van der Waals surface area contributed by atoms with Gasteiger partial charge in [-0.1, -0.05) is 6.07 Å². The second kappa shape index (κ2) is 5.66. The monoisotopic (exact) mass is 337 g/mol. The molecule has 0 saturated carbocycles. The van der Waals surface area contributed by atoms with Crippen LogP contribution in [0, 0.1) is 0 Å². The van der Waals surface area contributed by atoms with Gasteiger partial charge in [0.15, 0.2) is 0 Å². The van der Waals surface area contributed by atoms with E-state index in [4.69, 9.17) is 5.73 Å². The summed E-state index contributed by atoms with van der Waals surface area (Å²) in [7, 11) is 0. The summed E-state index contributed by atoms with van der Waals surface area (Å²) in [4.78, 5) is 45.8. The zero-order chi connectivity index (χ0) is 17.6. The SMILES string of the molecule is Nc1cncc(-c2ccc3c(c2)CN(C2CCC(=O)NC2=O)C3=O)n1. The van der Waals surface area contributed by atoms with Crippen molar-refractivity contribution >= 4 is 23.5 Å². The fourth-order valence-corrected chi connectivity index (χ4v) is 3.25. The molecular weight excluding hydrogens is 322 g/mol. The second-order valence-corrected chi connectivity index (χ2v) is 6.10. The molecule has 3 heterocycles. The number of piperidine rings is 1. The summed E-state index contributed by atoms with van der Waals surface area (Å²) >= 11 is 0. The molecule has 1 aromatic heterocycles. The Balaban J connectivity index is 1.63. The van der Waals surface area contributed by atoms with Crippen LogP contribution in [0.1, 0.15) is 28.8 Å². The Labute approximate surface area is 143 Å². The minimum absolute atomic E-state index is 0.199. The Bertz CT molecular complexity index is 911. The molecule has 25 heavy (non-hydrogen) atoms. The molecule has 2 aliphatic heterocycles. The quantitative estimate of drug-likeness (QED) is 0.770. The van der Waals surface area contributed by atoms with Crippen LogP contribution in [0.5, 0.6) is 0 Å². The number of nitrogens with zero attached hydrogens (tertiary/aromatic N) is 3. The number of aromatic nitrogens is 2. The number of amides is 3. The predicted octanol–water partition coefficient (Wildman–Crippen LogP) is 0.487. The number of carbonyl (C=O) groups is 3. The van der Waals surface area contributed by atoms with Gasteiger partial charge in [-0.05, 0) is 24.1 Å². The molecule has 8 heteroatoms. The van der Waals surface area contributed by atoms with Crippen LogP contribution < -0.4 is 11.1 Å². The lowest BCUT2D eigenvalue weighted by molar-refractivity contribution is -0.136. The van der Waals surface area contributed by atoms with E-state index in [1.807, 2.05) is 6.07 Å². The number of fused-ring (bicyclic) bond motifs is 1. The molecule has 1 unspecified atom stereocenters. The van der Waals surface area contributed by atoms with Gasteiger partial charge in [0, 0.05) is 24.1 Å². The van der Waals surface area contributed by atoms with Crippen molar-refractivity contribution in [1.29, 1.82) is 0 Å². The standard InChI is InChI=1S/C17H15N5O3/c18-14-7-19-6-12(20-14)9-1-2-11-10(5-9)8-22(17(11)25)13-3-4-15(23)21-16(13)24/h1-2,5-7,13H,3-4,8H2,(H2,18,20)(H,21,23,24). The van der Waals surface area contributed by atoms with E-state index in [9.17, 15) is 14.4 Å². The Morgan fingerprint density at radius 3 is 2.80 bits per heavy atom. The van der Waals surface area contributed by atoms with Crippen LogP contribution in [0.4, 0.5) is 5.82 Å². The van der Waals surface area contributed by atoms with Gasteiger partial charge in [0.2, 0.25) is 11.8 Å². The highest BCUT2D eigenvalue weighted by molar-refractivity contribution is 6.05. The van der Waals surface area contributed by atoms with Gasteiger partial charge in [0.25, 0.3) is 5.91 Å². The summed E-state index contributed by atoms with van der Waals surface area (Å²) in [6.07, 6.45) is 3.65. The summed E-state index contributed by atoms with van der Waals surface area (Å²) in [5, 5.41) is 2.29. The Morgan fingerprint density at radius 2 is 2.04 bits per heavy atom. The highest BCUT2D eigenvalue weighted by atomic mass is 16.2. The lowest BCUT2D eigenvalue weighted by Crippen LogP contribution is -2.52. The third kappa shape index (κ3) is 2.61. The van der Waals surface area contributed by atoms with Gasteiger partial charge in [0.1, 0.15) is 11.9 Å². The molecule has 2 aromatic rings. The van der Waals surface area contributed by atoms with E-state index in [1.54, 1.807) is 18.3 Å². The average molecular weight is 337 g/mol. The normalized spacial score (nSPS) is 19.8. The maximum Gasteiger partial charge on any atom is 0.255 e. The first-order chi connectivity index (χ1) is 12.0. The summed E-state index contributed by atoms with van der Waals surface area (Å²) in [6.45, 7) is 0.323. The van der Waals surface area contributed by atoms with Gasteiger partial charge in [-0.15, -0.1) is 0 Å². The van der Waals surface area contributed by atoms with Crippen molar-refractivity contribution in [3.63, 3.8) is 0 Å². The van der Waals surface area contributed by atoms with Gasteiger partial charge in [-0.25, -0.2) is 4.98 Å². The molecular formula is C17H15N5O3. The summed E-state index contributed by atoms with van der Waals surface area (Å²) in [5.41, 5.74) is 8.47. The first kappa shape index (κ1) is 15.3. The van der Waals surface area contributed by atoms with E-state index >= 15 is 0 Å². The van der Waals surface area contributed by atoms with E-state index in [0.29, 0.717) is 30.0 Å². The number of nitrogen functional groups attached to an aromatic ring is 1. The van der Waals surface area contributed by atoms with Crippen LogP contribution in [-0.4, -0.2) is 38.6 Å². The van der Waals surface area contributed by atoms with Crippen LogP contribution >= 0.6 is 0 Å². The van der Waals surface area contributed by atoms with E-state index in [2.05, 4.69) is 15.3 Å². The molecule has 126 valence electrons. The summed E-state index contributed by atoms with van der Waals surface area (Å²) < 4.78 is 0. The molecule has 0 bridgehead atoms. The van der Waals surface area contributed by atoms with Crippen LogP contribution in [0.2, 0.25) is 0 Å². The van der Waals surface area contributed by atoms with Crippen molar-refractivity contribution in [2.24, 2.45) is 0 Å². The van der Waals surface area contributed by atoms with Crippen molar-refractivity contribution in [2.45, 2.75) is 25.4 Å². The number of imide groups is 1. The number of carbonyl (C=O) groups excluding carboxylic acids is 3. The van der Waals surface area contributed by atoms with Crippen LogP contribution in [0.15, 0.2) is 30.6 Å². The van der Waals surface area contributed by atoms with Crippen molar-refractivity contribution in [3.8, 4) is 11.3 Å². The van der Waals surface area contributed by atoms with Gasteiger partial charge in [-0.2, -0.15) is 0 Å². The molecule has 0 radical (unpaired) electrons. The van der Waals surface area contributed by atoms with Crippen LogP contribution in [-0.2, 0) is 16.1 Å². The summed E-state index contributed by atoms with van der Waals surface area (Å²) in [5.74, 6) is -0.596. The number of nitrogens with two attached hydrogens (primary N) is 1. The minimum Gasteiger partial charge on any atom is -0.382 e. The van der Waals surface area contributed by atoms with E-state index < -0.39 is 11.9 Å². The Hall–Kier alpha value is -3.29. The number of hydrogen-bond donors (Lipinski definition) is 2. The molecule has 4 rings (SSSR count). The fourth-order valence-electron chi connectivity index (χ4n) is 3.25. The number of anilines is 1. The van der Waals surface area contributed by atoms with E-state index in [-0.39, 0.29) is 18.2 Å². The molecule has 1 fully saturated rings. The lowest BCUT2D eigenvalue weighted by atomic mass is 10.0. The molecule has 0 spiro atoms. The number of benzene rings is 1. The highest BCUT2D eigenvalue weighted by Gasteiger charge is 2.39. The predicted molar refractivity (Wildman–Crippen MR) is 87.9 cm³/mol. The van der Waals surface area contributed by atoms with E-state index in [1.165, 1.54) is 11.1 Å². The van der Waals surface area contributed by atoms with Gasteiger partial charge < -0.3 is 10.6 Å². The maximum atomic E-state index is 12.6. The smallest absolute Gasteiger partial charge is 0.255 e. The number of rotatable bonds is 2. The molecule has 1 saturated heterocycles. The first-order valence-electron chi connectivity index (χ1n) is 7.88. The lowest BCUT2D eigenvalue weighted by Gasteiger charge is -2.29. The second-order valence-electron chi connectivity index (χ2n) is 6.10. The molecule has 1 aromatic carbocycles. The van der Waals surface area contributed by atoms with Crippen molar-refractivity contribution in [2.75, 3.05) is 5.73 Å². The third-order valence-corrected chi connectivity index (χ3v) is 4.47. The minimum atomic E-state index is -0.617. The van der Waals surface area contributed by atoms with Gasteiger partial charge in [-0.3, -0.25) is 24.7 Å². The topological polar surface area (TPSA) is 118 Å². The zero-order valence-electron chi connectivity index (χ0n) is 13.2. The van der Waals surface area contributed by atoms with E-state index in [0.717, 1.165) is 11.1 Å². The van der Waals surface area contributed by atoms with Crippen molar-refractivity contribution < 1.29 is 14.4 Å². The number of hydrogen-bond acceptors (Lipinski definition) is 6. The van der Waals surface area contributed by atoms with Gasteiger partial charge in [0.05, 0.1) is 18.1 Å². The average Bonchev–Trinajstić information content (AvgIpc) is 2.91. The first-order valence-corrected chi connectivity index (χ1v) is 7.88. The molecule has 8 nitrogen and oxygen atoms in total. The molecule has 2 aliphatic rings. The zero-order valence-corrected chi connectivity index (χ0v) is 13.2. The fraction of sp³-hybridized carbons (Fsp3) is 0.235. The number of nitrogens with one attached hydrogen (secondary N) is 1. The van der Waals surface area contributed by atoms with Crippen molar-refractivity contribution in [3.05, 3.63) is 41.7 Å². The molecule has 3 amide bonds.